The van der Waals surface area contributed by atoms with E-state index in [2.05, 4.69) is 26.2 Å². The highest BCUT2D eigenvalue weighted by Gasteiger charge is 2.20. The van der Waals surface area contributed by atoms with Crippen LogP contribution in [0.2, 0.25) is 5.02 Å². The number of aromatic amines is 1. The number of hydrogen-bond donors (Lipinski definition) is 2. The number of aryl methyl sites for hydroxylation is 1. The third kappa shape index (κ3) is 2.76. The fraction of sp³-hybridized carbons (Fsp3) is 0.267. The molecular weight excluding hydrogens is 340 g/mol. The van der Waals surface area contributed by atoms with Gasteiger partial charge in [0.05, 0.1) is 11.1 Å². The van der Waals surface area contributed by atoms with Gasteiger partial charge in [0.15, 0.2) is 0 Å². The molecule has 0 spiro atoms. The van der Waals surface area contributed by atoms with E-state index < -0.39 is 0 Å². The topological polar surface area (TPSA) is 44.9 Å². The van der Waals surface area contributed by atoms with Gasteiger partial charge in [-0.2, -0.15) is 0 Å². The van der Waals surface area contributed by atoms with Crippen LogP contribution in [0.25, 0.3) is 0 Å². The van der Waals surface area contributed by atoms with Crippen molar-refractivity contribution < 1.29 is 0 Å². The second-order valence-corrected chi connectivity index (χ2v) is 6.24. The van der Waals surface area contributed by atoms with Crippen molar-refractivity contribution in [2.45, 2.75) is 25.3 Å². The second-order valence-electron chi connectivity index (χ2n) is 4.97. The highest BCUT2D eigenvalue weighted by atomic mass is 79.9. The summed E-state index contributed by atoms with van der Waals surface area (Å²) < 4.78 is 0.887. The Hall–Kier alpha value is -1.26. The molecule has 0 bridgehead atoms. The van der Waals surface area contributed by atoms with Crippen LogP contribution in [0.1, 0.15) is 30.1 Å². The summed E-state index contributed by atoms with van der Waals surface area (Å²) in [5.74, 6) is 0. The van der Waals surface area contributed by atoms with Gasteiger partial charge < -0.3 is 10.3 Å². The maximum atomic E-state index is 11.4. The van der Waals surface area contributed by atoms with Gasteiger partial charge in [0.1, 0.15) is 0 Å². The summed E-state index contributed by atoms with van der Waals surface area (Å²) in [6, 6.07) is 9.56. The number of hydrogen-bond acceptors (Lipinski definition) is 2. The van der Waals surface area contributed by atoms with Crippen molar-refractivity contribution in [1.82, 2.24) is 4.98 Å². The Balaban J connectivity index is 1.89. The summed E-state index contributed by atoms with van der Waals surface area (Å²) in [6.07, 6.45) is 3.05. The van der Waals surface area contributed by atoms with Crippen LogP contribution < -0.4 is 10.9 Å². The molecule has 2 aromatic rings. The van der Waals surface area contributed by atoms with Crippen molar-refractivity contribution in [2.24, 2.45) is 0 Å². The van der Waals surface area contributed by atoms with Crippen LogP contribution in [0.3, 0.4) is 0 Å². The van der Waals surface area contributed by atoms with E-state index in [1.807, 2.05) is 24.3 Å². The monoisotopic (exact) mass is 352 g/mol. The Kier molecular flexibility index (Phi) is 3.85. The molecule has 0 fully saturated rings. The van der Waals surface area contributed by atoms with Crippen molar-refractivity contribution >= 4 is 33.2 Å². The molecule has 0 amide bonds. The lowest BCUT2D eigenvalue weighted by Crippen LogP contribution is -2.21. The molecule has 2 N–H and O–H groups in total. The average molecular weight is 354 g/mol. The smallest absolute Gasteiger partial charge is 0.248 e. The van der Waals surface area contributed by atoms with Gasteiger partial charge >= 0.3 is 0 Å². The van der Waals surface area contributed by atoms with Gasteiger partial charge in [-0.05, 0) is 65.0 Å². The molecule has 1 atom stereocenters. The van der Waals surface area contributed by atoms with Gasteiger partial charge in [-0.1, -0.05) is 11.6 Å². The Morgan fingerprint density at radius 2 is 2.15 bits per heavy atom. The van der Waals surface area contributed by atoms with E-state index in [0.717, 1.165) is 35.1 Å². The first-order valence-corrected chi connectivity index (χ1v) is 7.74. The number of benzene rings is 1. The highest BCUT2D eigenvalue weighted by molar-refractivity contribution is 9.10. The first-order valence-electron chi connectivity index (χ1n) is 6.57. The Morgan fingerprint density at radius 1 is 1.30 bits per heavy atom. The van der Waals surface area contributed by atoms with Crippen molar-refractivity contribution in [3.63, 3.8) is 0 Å². The van der Waals surface area contributed by atoms with Crippen LogP contribution in [0.5, 0.6) is 0 Å². The molecule has 20 heavy (non-hydrogen) atoms. The third-order valence-electron chi connectivity index (χ3n) is 3.59. The molecule has 0 aliphatic heterocycles. The first-order chi connectivity index (χ1) is 9.63. The molecule has 1 heterocycles. The summed E-state index contributed by atoms with van der Waals surface area (Å²) in [5.41, 5.74) is 3.18. The Labute approximate surface area is 130 Å². The number of nitrogens with one attached hydrogen (secondary N) is 2. The number of pyridine rings is 1. The molecular formula is C15H14BrClN2O. The number of H-pyrrole nitrogens is 1. The number of aromatic nitrogens is 1. The molecule has 0 saturated carbocycles. The van der Waals surface area contributed by atoms with Crippen molar-refractivity contribution in [3.8, 4) is 0 Å². The van der Waals surface area contributed by atoms with E-state index in [1.54, 1.807) is 6.07 Å². The zero-order valence-corrected chi connectivity index (χ0v) is 13.1. The SMILES string of the molecule is O=c1ccc2c([nH]1)CCCC2Nc1ccc(Br)c(Cl)c1. The van der Waals surface area contributed by atoms with Gasteiger partial charge in [0.25, 0.3) is 0 Å². The van der Waals surface area contributed by atoms with Crippen LogP contribution in [-0.2, 0) is 6.42 Å². The highest BCUT2D eigenvalue weighted by Crippen LogP contribution is 2.32. The van der Waals surface area contributed by atoms with E-state index in [9.17, 15) is 4.79 Å². The second kappa shape index (κ2) is 5.62. The molecule has 1 aliphatic carbocycles. The summed E-state index contributed by atoms with van der Waals surface area (Å²) in [5, 5.41) is 4.18. The lowest BCUT2D eigenvalue weighted by atomic mass is 9.91. The van der Waals surface area contributed by atoms with Crippen LogP contribution in [0.4, 0.5) is 5.69 Å². The molecule has 0 radical (unpaired) electrons. The molecule has 3 nitrogen and oxygen atoms in total. The van der Waals surface area contributed by atoms with E-state index in [1.165, 1.54) is 5.56 Å². The fourth-order valence-corrected chi connectivity index (χ4v) is 3.06. The average Bonchev–Trinajstić information content (AvgIpc) is 2.43. The quantitative estimate of drug-likeness (QED) is 0.846. The Morgan fingerprint density at radius 3 is 2.95 bits per heavy atom. The zero-order valence-electron chi connectivity index (χ0n) is 10.7. The molecule has 1 aromatic heterocycles. The minimum Gasteiger partial charge on any atom is -0.378 e. The molecule has 104 valence electrons. The summed E-state index contributed by atoms with van der Waals surface area (Å²) >= 11 is 9.51. The maximum absolute atomic E-state index is 11.4. The van der Waals surface area contributed by atoms with Crippen molar-refractivity contribution in [3.05, 3.63) is 61.4 Å². The van der Waals surface area contributed by atoms with E-state index in [-0.39, 0.29) is 11.6 Å². The molecule has 1 aliphatic rings. The van der Waals surface area contributed by atoms with E-state index >= 15 is 0 Å². The van der Waals surface area contributed by atoms with Crippen molar-refractivity contribution in [1.29, 1.82) is 0 Å². The first kappa shape index (κ1) is 13.7. The normalized spacial score (nSPS) is 17.6. The van der Waals surface area contributed by atoms with Gasteiger partial charge in [-0.3, -0.25) is 4.79 Å². The summed E-state index contributed by atoms with van der Waals surface area (Å²) in [7, 11) is 0. The largest absolute Gasteiger partial charge is 0.378 e. The zero-order chi connectivity index (χ0) is 14.1. The number of anilines is 1. The standard InChI is InChI=1S/C15H14BrClN2O/c16-11-6-4-9(8-12(11)17)18-13-2-1-3-14-10(13)5-7-15(20)19-14/h4-8,13,18H,1-3H2,(H,19,20). The summed E-state index contributed by atoms with van der Waals surface area (Å²) in [6.45, 7) is 0. The van der Waals surface area contributed by atoms with Crippen LogP contribution in [-0.4, -0.2) is 4.98 Å². The fourth-order valence-electron chi connectivity index (χ4n) is 2.64. The van der Waals surface area contributed by atoms with Crippen LogP contribution in [0, 0.1) is 0 Å². The number of fused-ring (bicyclic) bond motifs is 1. The van der Waals surface area contributed by atoms with E-state index in [0.29, 0.717) is 5.02 Å². The maximum Gasteiger partial charge on any atom is 0.248 e. The summed E-state index contributed by atoms with van der Waals surface area (Å²) in [4.78, 5) is 14.3. The predicted octanol–water partition coefficient (Wildman–Crippen LogP) is 4.28. The van der Waals surface area contributed by atoms with Gasteiger partial charge in [0, 0.05) is 21.9 Å². The number of rotatable bonds is 2. The molecule has 0 saturated heterocycles. The lowest BCUT2D eigenvalue weighted by molar-refractivity contribution is 0.587. The number of halogens is 2. The third-order valence-corrected chi connectivity index (χ3v) is 4.82. The molecule has 5 heteroatoms. The Bertz CT molecular complexity index is 699. The molecule has 1 aromatic carbocycles. The van der Waals surface area contributed by atoms with Gasteiger partial charge in [0.2, 0.25) is 5.56 Å². The minimum absolute atomic E-state index is 0.0314. The predicted molar refractivity (Wildman–Crippen MR) is 85.5 cm³/mol. The minimum atomic E-state index is -0.0314. The van der Waals surface area contributed by atoms with Crippen LogP contribution >= 0.6 is 27.5 Å². The lowest BCUT2D eigenvalue weighted by Gasteiger charge is -2.26. The van der Waals surface area contributed by atoms with Gasteiger partial charge in [-0.25, -0.2) is 0 Å². The molecule has 3 rings (SSSR count). The van der Waals surface area contributed by atoms with Crippen LogP contribution in [0.15, 0.2) is 39.6 Å². The molecule has 1 unspecified atom stereocenters. The van der Waals surface area contributed by atoms with Gasteiger partial charge in [-0.15, -0.1) is 0 Å². The van der Waals surface area contributed by atoms with E-state index in [4.69, 9.17) is 11.6 Å². The van der Waals surface area contributed by atoms with Crippen molar-refractivity contribution in [2.75, 3.05) is 5.32 Å².